The van der Waals surface area contributed by atoms with E-state index in [2.05, 4.69) is 20.5 Å². The molecule has 2 atom stereocenters. The Morgan fingerprint density at radius 3 is 2.85 bits per heavy atom. The molecule has 9 heteroatoms. The van der Waals surface area contributed by atoms with Crippen molar-refractivity contribution in [2.24, 2.45) is 4.99 Å². The zero-order chi connectivity index (χ0) is 17.5. The molecule has 8 nitrogen and oxygen atoms in total. The average molecular weight is 478 g/mol. The number of carbonyl (C=O) groups is 1. The number of hydrogen-bond acceptors (Lipinski definition) is 5. The topological polar surface area (TPSA) is 88.3 Å². The van der Waals surface area contributed by atoms with Crippen LogP contribution in [0.2, 0.25) is 0 Å². The van der Waals surface area contributed by atoms with Crippen molar-refractivity contribution in [3.63, 3.8) is 0 Å². The molecule has 3 rings (SSSR count). The number of nitrogens with zero attached hydrogens (tertiary/aromatic N) is 2. The minimum absolute atomic E-state index is 0. The van der Waals surface area contributed by atoms with Crippen LogP contribution in [-0.4, -0.2) is 68.9 Å². The normalized spacial score (nSPS) is 23.4. The number of ether oxygens (including phenoxy) is 2. The fourth-order valence-electron chi connectivity index (χ4n) is 3.14. The van der Waals surface area contributed by atoms with Crippen LogP contribution in [0.15, 0.2) is 27.8 Å². The Morgan fingerprint density at radius 1 is 1.31 bits per heavy atom. The van der Waals surface area contributed by atoms with Crippen molar-refractivity contribution in [2.45, 2.75) is 31.6 Å². The van der Waals surface area contributed by atoms with Gasteiger partial charge in [0.2, 0.25) is 5.91 Å². The van der Waals surface area contributed by atoms with Crippen LogP contribution in [0.25, 0.3) is 0 Å². The van der Waals surface area contributed by atoms with Crippen molar-refractivity contribution in [1.82, 2.24) is 15.5 Å². The minimum atomic E-state index is -0.110. The van der Waals surface area contributed by atoms with Crippen LogP contribution in [0.4, 0.5) is 0 Å². The van der Waals surface area contributed by atoms with Gasteiger partial charge in [0.1, 0.15) is 11.9 Å². The van der Waals surface area contributed by atoms with E-state index in [9.17, 15) is 4.79 Å². The number of nitrogens with one attached hydrogen (secondary N) is 2. The third kappa shape index (κ3) is 5.85. The highest BCUT2D eigenvalue weighted by Gasteiger charge is 2.32. The van der Waals surface area contributed by atoms with Crippen LogP contribution in [0.3, 0.4) is 0 Å². The van der Waals surface area contributed by atoms with Gasteiger partial charge in [-0.15, -0.1) is 24.0 Å². The van der Waals surface area contributed by atoms with Crippen LogP contribution in [0, 0.1) is 0 Å². The van der Waals surface area contributed by atoms with Gasteiger partial charge in [-0.2, -0.15) is 0 Å². The lowest BCUT2D eigenvalue weighted by atomic mass is 10.1. The molecule has 146 valence electrons. The average Bonchev–Trinajstić information content (AvgIpc) is 3.34. The molecular formula is C17H27IN4O4. The summed E-state index contributed by atoms with van der Waals surface area (Å²) in [6.07, 6.45) is 3.94. The fourth-order valence-corrected chi connectivity index (χ4v) is 3.14. The summed E-state index contributed by atoms with van der Waals surface area (Å²) in [6.45, 7) is 3.46. The Labute approximate surface area is 170 Å². The second kappa shape index (κ2) is 10.7. The smallest absolute Gasteiger partial charge is 0.239 e. The van der Waals surface area contributed by atoms with E-state index in [-0.39, 0.29) is 48.6 Å². The fraction of sp³-hybridized carbons (Fsp3) is 0.647. The van der Waals surface area contributed by atoms with Gasteiger partial charge in [-0.3, -0.25) is 9.79 Å². The summed E-state index contributed by atoms with van der Waals surface area (Å²) in [5.74, 6) is 1.33. The van der Waals surface area contributed by atoms with Crippen molar-refractivity contribution < 1.29 is 18.7 Å². The van der Waals surface area contributed by atoms with Crippen LogP contribution in [-0.2, 0) is 20.8 Å². The number of aliphatic imine (C=N–C) groups is 1. The molecule has 2 aliphatic heterocycles. The molecule has 26 heavy (non-hydrogen) atoms. The summed E-state index contributed by atoms with van der Waals surface area (Å²) >= 11 is 0. The Balaban J connectivity index is 0.00000243. The first-order valence-electron chi connectivity index (χ1n) is 8.74. The number of guanidine groups is 1. The molecule has 0 spiro atoms. The monoisotopic (exact) mass is 478 g/mol. The van der Waals surface area contributed by atoms with Gasteiger partial charge in [0.15, 0.2) is 5.96 Å². The van der Waals surface area contributed by atoms with Gasteiger partial charge >= 0.3 is 0 Å². The van der Waals surface area contributed by atoms with Gasteiger partial charge in [0.05, 0.1) is 32.1 Å². The van der Waals surface area contributed by atoms with E-state index in [1.807, 2.05) is 6.07 Å². The lowest BCUT2D eigenvalue weighted by molar-refractivity contribution is -0.120. The zero-order valence-electron chi connectivity index (χ0n) is 15.0. The van der Waals surface area contributed by atoms with E-state index in [0.717, 1.165) is 38.3 Å². The first-order chi connectivity index (χ1) is 12.3. The van der Waals surface area contributed by atoms with Crippen LogP contribution in [0.1, 0.15) is 18.6 Å². The summed E-state index contributed by atoms with van der Waals surface area (Å²) in [5, 5.41) is 5.92. The zero-order valence-corrected chi connectivity index (χ0v) is 17.3. The molecule has 0 saturated carbocycles. The van der Waals surface area contributed by atoms with Crippen LogP contribution in [0.5, 0.6) is 0 Å². The first kappa shape index (κ1) is 21.0. The molecule has 2 N–H and O–H groups in total. The van der Waals surface area contributed by atoms with Gasteiger partial charge in [-0.05, 0) is 25.0 Å². The number of furan rings is 1. The summed E-state index contributed by atoms with van der Waals surface area (Å²) in [7, 11) is 1.72. The van der Waals surface area contributed by atoms with Gasteiger partial charge in [0, 0.05) is 26.7 Å². The van der Waals surface area contributed by atoms with Gasteiger partial charge in [-0.1, -0.05) is 0 Å². The Kier molecular flexibility index (Phi) is 8.66. The maximum absolute atomic E-state index is 12.0. The predicted octanol–water partition coefficient (Wildman–Crippen LogP) is 0.969. The standard InChI is InChI=1S/C17H26N4O4.HI/c1-18-17(20-11-16(22)19-10-13-4-2-7-23-13)21-6-9-25-15(12-21)14-5-3-8-24-14;/h2,4,7,14-15H,3,5-6,8-12H2,1H3,(H,18,20)(H,19,22);1H. The quantitative estimate of drug-likeness (QED) is 0.373. The molecule has 1 amide bonds. The maximum atomic E-state index is 12.0. The second-order valence-corrected chi connectivity index (χ2v) is 6.16. The van der Waals surface area contributed by atoms with E-state index in [1.54, 1.807) is 19.4 Å². The Bertz CT molecular complexity index is 575. The Morgan fingerprint density at radius 2 is 2.15 bits per heavy atom. The largest absolute Gasteiger partial charge is 0.467 e. The number of hydrogen-bond donors (Lipinski definition) is 2. The molecule has 0 radical (unpaired) electrons. The summed E-state index contributed by atoms with van der Waals surface area (Å²) in [4.78, 5) is 18.4. The molecule has 0 aliphatic carbocycles. The van der Waals surface area contributed by atoms with E-state index in [1.165, 1.54) is 0 Å². The maximum Gasteiger partial charge on any atom is 0.239 e. The van der Waals surface area contributed by atoms with Crippen molar-refractivity contribution >= 4 is 35.8 Å². The number of amides is 1. The number of halogens is 1. The predicted molar refractivity (Wildman–Crippen MR) is 108 cm³/mol. The summed E-state index contributed by atoms with van der Waals surface area (Å²) < 4.78 is 16.8. The highest BCUT2D eigenvalue weighted by Crippen LogP contribution is 2.20. The van der Waals surface area contributed by atoms with Gasteiger partial charge in [0.25, 0.3) is 0 Å². The highest BCUT2D eigenvalue weighted by molar-refractivity contribution is 14.0. The number of carbonyl (C=O) groups excluding carboxylic acids is 1. The molecule has 0 bridgehead atoms. The summed E-state index contributed by atoms with van der Waals surface area (Å²) in [5.41, 5.74) is 0. The molecular weight excluding hydrogens is 451 g/mol. The summed E-state index contributed by atoms with van der Waals surface area (Å²) in [6, 6.07) is 3.62. The third-order valence-electron chi connectivity index (χ3n) is 4.43. The SMILES string of the molecule is CN=C(NCC(=O)NCc1ccco1)N1CCOC(C2CCCO2)C1.I. The molecule has 1 aromatic heterocycles. The number of rotatable bonds is 5. The molecule has 1 aromatic rings. The van der Waals surface area contributed by atoms with Crippen LogP contribution < -0.4 is 10.6 Å². The van der Waals surface area contributed by atoms with E-state index < -0.39 is 0 Å². The lowest BCUT2D eigenvalue weighted by Gasteiger charge is -2.37. The Hall–Kier alpha value is -1.33. The third-order valence-corrected chi connectivity index (χ3v) is 4.43. The van der Waals surface area contributed by atoms with Gasteiger partial charge < -0.3 is 29.4 Å². The van der Waals surface area contributed by atoms with E-state index in [0.29, 0.717) is 19.1 Å². The molecule has 3 heterocycles. The van der Waals surface area contributed by atoms with Crippen molar-refractivity contribution in [1.29, 1.82) is 0 Å². The lowest BCUT2D eigenvalue weighted by Crippen LogP contribution is -2.54. The van der Waals surface area contributed by atoms with Crippen molar-refractivity contribution in [3.8, 4) is 0 Å². The van der Waals surface area contributed by atoms with Crippen molar-refractivity contribution in [2.75, 3.05) is 39.9 Å². The van der Waals surface area contributed by atoms with E-state index in [4.69, 9.17) is 13.9 Å². The first-order valence-corrected chi connectivity index (χ1v) is 8.74. The molecule has 2 saturated heterocycles. The van der Waals surface area contributed by atoms with E-state index >= 15 is 0 Å². The minimum Gasteiger partial charge on any atom is -0.467 e. The molecule has 2 fully saturated rings. The van der Waals surface area contributed by atoms with Crippen molar-refractivity contribution in [3.05, 3.63) is 24.2 Å². The molecule has 2 unspecified atom stereocenters. The second-order valence-electron chi connectivity index (χ2n) is 6.16. The molecule has 0 aromatic carbocycles. The van der Waals surface area contributed by atoms with Gasteiger partial charge in [-0.25, -0.2) is 0 Å². The highest BCUT2D eigenvalue weighted by atomic mass is 127. The number of morpholine rings is 1. The molecule has 2 aliphatic rings. The van der Waals surface area contributed by atoms with Crippen LogP contribution >= 0.6 is 24.0 Å².